The zero-order valence-corrected chi connectivity index (χ0v) is 16.6. The maximum Gasteiger partial charge on any atom is 0.328 e. The Morgan fingerprint density at radius 3 is 2.21 bits per heavy atom. The van der Waals surface area contributed by atoms with Gasteiger partial charge in [0.15, 0.2) is 0 Å². The third-order valence-corrected chi connectivity index (χ3v) is 4.82. The lowest BCUT2D eigenvalue weighted by Crippen LogP contribution is -2.43. The Hall–Kier alpha value is -3.34. The van der Waals surface area contributed by atoms with Gasteiger partial charge in [0, 0.05) is 12.1 Å². The van der Waals surface area contributed by atoms with Crippen molar-refractivity contribution in [2.24, 2.45) is 0 Å². The number of carbonyl (C=O) groups is 2. The van der Waals surface area contributed by atoms with Crippen molar-refractivity contribution in [1.82, 2.24) is 10.3 Å². The molecule has 1 atom stereocenters. The molecule has 29 heavy (non-hydrogen) atoms. The van der Waals surface area contributed by atoms with Gasteiger partial charge in [-0.2, -0.15) is 0 Å². The van der Waals surface area contributed by atoms with Crippen LogP contribution < -0.4 is 5.32 Å². The van der Waals surface area contributed by atoms with E-state index in [1.807, 2.05) is 54.6 Å². The first kappa shape index (κ1) is 20.4. The first-order chi connectivity index (χ1) is 14.2. The van der Waals surface area contributed by atoms with Gasteiger partial charge in [-0.25, -0.2) is 4.79 Å². The normalized spacial score (nSPS) is 11.6. The molecule has 2 N–H and O–H groups in total. The van der Waals surface area contributed by atoms with Crippen molar-refractivity contribution in [1.29, 1.82) is 0 Å². The fourth-order valence-electron chi connectivity index (χ4n) is 3.27. The van der Waals surface area contributed by atoms with E-state index in [-0.39, 0.29) is 5.91 Å². The van der Waals surface area contributed by atoms with Gasteiger partial charge in [-0.1, -0.05) is 60.7 Å². The highest BCUT2D eigenvalue weighted by atomic mass is 16.5. The quantitative estimate of drug-likeness (QED) is 0.547. The van der Waals surface area contributed by atoms with Gasteiger partial charge in [-0.15, -0.1) is 0 Å². The number of rotatable bonds is 9. The highest BCUT2D eigenvalue weighted by molar-refractivity contribution is 5.95. The number of methoxy groups -OCH3 is 1. The number of esters is 1. The summed E-state index contributed by atoms with van der Waals surface area (Å²) in [4.78, 5) is 27.9. The second-order valence-corrected chi connectivity index (χ2v) is 6.98. The Bertz CT molecular complexity index is 920. The number of hydrogen-bond acceptors (Lipinski definition) is 3. The van der Waals surface area contributed by atoms with Gasteiger partial charge in [0.2, 0.25) is 0 Å². The number of aryl methyl sites for hydroxylation is 2. The topological polar surface area (TPSA) is 71.2 Å². The van der Waals surface area contributed by atoms with Crippen LogP contribution in [-0.4, -0.2) is 30.0 Å². The summed E-state index contributed by atoms with van der Waals surface area (Å²) in [5.41, 5.74) is 3.71. The van der Waals surface area contributed by atoms with Crippen molar-refractivity contribution in [3.63, 3.8) is 0 Å². The number of aromatic nitrogens is 1. The molecule has 5 nitrogen and oxygen atoms in total. The van der Waals surface area contributed by atoms with Crippen molar-refractivity contribution >= 4 is 11.9 Å². The molecule has 1 heterocycles. The fraction of sp³-hybridized carbons (Fsp3) is 0.250. The molecule has 0 fully saturated rings. The number of amides is 1. The predicted molar refractivity (Wildman–Crippen MR) is 113 cm³/mol. The van der Waals surface area contributed by atoms with Gasteiger partial charge in [0.05, 0.1) is 7.11 Å². The van der Waals surface area contributed by atoms with E-state index < -0.39 is 12.0 Å². The molecule has 3 rings (SSSR count). The van der Waals surface area contributed by atoms with Crippen LogP contribution in [-0.2, 0) is 28.8 Å². The standard InChI is InChI=1S/C24H26N2O3/c1-29-24(28)22(17-19-11-6-3-7-12-19)26-23(27)21-16-15-20(25-21)14-8-13-18-9-4-2-5-10-18/h2-7,9-12,15-16,22,25H,8,13-14,17H2,1H3,(H,26,27)/t22-/m0/s1. The summed E-state index contributed by atoms with van der Waals surface area (Å²) in [7, 11) is 1.33. The smallest absolute Gasteiger partial charge is 0.328 e. The van der Waals surface area contributed by atoms with E-state index in [4.69, 9.17) is 4.74 Å². The Morgan fingerprint density at radius 1 is 0.897 bits per heavy atom. The molecule has 1 aromatic heterocycles. The van der Waals surface area contributed by atoms with Crippen LogP contribution >= 0.6 is 0 Å². The van der Waals surface area contributed by atoms with E-state index in [0.717, 1.165) is 30.5 Å². The van der Waals surface area contributed by atoms with Crippen molar-refractivity contribution in [2.45, 2.75) is 31.7 Å². The number of ether oxygens (including phenoxy) is 1. The minimum atomic E-state index is -0.736. The zero-order valence-electron chi connectivity index (χ0n) is 16.6. The highest BCUT2D eigenvalue weighted by Crippen LogP contribution is 2.10. The lowest BCUT2D eigenvalue weighted by atomic mass is 10.1. The summed E-state index contributed by atoms with van der Waals surface area (Å²) in [6.45, 7) is 0. The summed E-state index contributed by atoms with van der Waals surface area (Å²) in [6.07, 6.45) is 3.21. The number of carbonyl (C=O) groups excluding carboxylic acids is 2. The zero-order chi connectivity index (χ0) is 20.5. The molecule has 3 aromatic rings. The number of nitrogens with one attached hydrogen (secondary N) is 2. The third-order valence-electron chi connectivity index (χ3n) is 4.82. The largest absolute Gasteiger partial charge is 0.467 e. The van der Waals surface area contributed by atoms with Crippen LogP contribution in [0.2, 0.25) is 0 Å². The summed E-state index contributed by atoms with van der Waals surface area (Å²) >= 11 is 0. The Morgan fingerprint density at radius 2 is 1.55 bits per heavy atom. The maximum absolute atomic E-state index is 12.6. The molecule has 0 aliphatic rings. The lowest BCUT2D eigenvalue weighted by molar-refractivity contribution is -0.142. The molecule has 2 aromatic carbocycles. The molecule has 150 valence electrons. The highest BCUT2D eigenvalue weighted by Gasteiger charge is 2.23. The minimum absolute atomic E-state index is 0.314. The average molecular weight is 390 g/mol. The van der Waals surface area contributed by atoms with Crippen LogP contribution in [0, 0.1) is 0 Å². The number of hydrogen-bond donors (Lipinski definition) is 2. The fourth-order valence-corrected chi connectivity index (χ4v) is 3.27. The lowest BCUT2D eigenvalue weighted by Gasteiger charge is -2.16. The molecule has 5 heteroatoms. The van der Waals surface area contributed by atoms with Crippen LogP contribution in [0.3, 0.4) is 0 Å². The van der Waals surface area contributed by atoms with Crippen LogP contribution in [0.25, 0.3) is 0 Å². The van der Waals surface area contributed by atoms with Gasteiger partial charge < -0.3 is 15.0 Å². The summed E-state index contributed by atoms with van der Waals surface area (Å²) < 4.78 is 4.86. The van der Waals surface area contributed by atoms with Crippen LogP contribution in [0.5, 0.6) is 0 Å². The Balaban J connectivity index is 1.56. The number of aromatic amines is 1. The van der Waals surface area contributed by atoms with E-state index in [9.17, 15) is 9.59 Å². The van der Waals surface area contributed by atoms with Gasteiger partial charge in [0.25, 0.3) is 5.91 Å². The number of benzene rings is 2. The maximum atomic E-state index is 12.6. The van der Waals surface area contributed by atoms with Crippen LogP contribution in [0.4, 0.5) is 0 Å². The van der Waals surface area contributed by atoms with E-state index in [1.54, 1.807) is 6.07 Å². The predicted octanol–water partition coefficient (Wildman–Crippen LogP) is 3.70. The first-order valence-electron chi connectivity index (χ1n) is 9.80. The Kier molecular flexibility index (Phi) is 7.22. The second-order valence-electron chi connectivity index (χ2n) is 6.98. The molecular formula is C24H26N2O3. The monoisotopic (exact) mass is 390 g/mol. The van der Waals surface area contributed by atoms with Gasteiger partial charge in [0.1, 0.15) is 11.7 Å². The molecule has 1 amide bonds. The minimum Gasteiger partial charge on any atom is -0.467 e. The summed E-state index contributed by atoms with van der Waals surface area (Å²) in [5, 5.41) is 2.78. The number of H-pyrrole nitrogens is 1. The molecule has 0 bridgehead atoms. The molecule has 0 spiro atoms. The van der Waals surface area contributed by atoms with E-state index in [2.05, 4.69) is 22.4 Å². The van der Waals surface area contributed by atoms with Crippen molar-refractivity contribution in [2.75, 3.05) is 7.11 Å². The molecule has 0 saturated carbocycles. The molecule has 0 aliphatic heterocycles. The first-order valence-corrected chi connectivity index (χ1v) is 9.80. The second kappa shape index (κ2) is 10.3. The molecule has 0 radical (unpaired) electrons. The van der Waals surface area contributed by atoms with Gasteiger partial charge >= 0.3 is 5.97 Å². The average Bonchev–Trinajstić information content (AvgIpc) is 3.23. The van der Waals surface area contributed by atoms with Crippen LogP contribution in [0.1, 0.15) is 33.7 Å². The van der Waals surface area contributed by atoms with Gasteiger partial charge in [-0.3, -0.25) is 4.79 Å². The van der Waals surface area contributed by atoms with E-state index >= 15 is 0 Å². The molecule has 0 saturated heterocycles. The van der Waals surface area contributed by atoms with Gasteiger partial charge in [-0.05, 0) is 42.5 Å². The third kappa shape index (κ3) is 6.07. The summed E-state index contributed by atoms with van der Waals surface area (Å²) in [5.74, 6) is -0.775. The molecular weight excluding hydrogens is 364 g/mol. The summed E-state index contributed by atoms with van der Waals surface area (Å²) in [6, 6.07) is 22.8. The van der Waals surface area contributed by atoms with E-state index in [1.165, 1.54) is 12.7 Å². The Labute approximate surface area is 171 Å². The van der Waals surface area contributed by atoms with E-state index in [0.29, 0.717) is 12.1 Å². The molecule has 0 aliphatic carbocycles. The van der Waals surface area contributed by atoms with Crippen molar-refractivity contribution in [3.05, 3.63) is 95.3 Å². The van der Waals surface area contributed by atoms with Crippen LogP contribution in [0.15, 0.2) is 72.8 Å². The van der Waals surface area contributed by atoms with Crippen molar-refractivity contribution < 1.29 is 14.3 Å². The van der Waals surface area contributed by atoms with Crippen molar-refractivity contribution in [3.8, 4) is 0 Å². The molecule has 0 unspecified atom stereocenters. The SMILES string of the molecule is COC(=O)[C@H](Cc1ccccc1)NC(=O)c1ccc(CCCc2ccccc2)[nH]1.